The fourth-order valence-corrected chi connectivity index (χ4v) is 6.18. The van der Waals surface area contributed by atoms with E-state index in [1.54, 1.807) is 12.1 Å². The second kappa shape index (κ2) is 11.8. The summed E-state index contributed by atoms with van der Waals surface area (Å²) in [5.74, 6) is 1.02. The number of aromatic carboxylic acids is 1. The first kappa shape index (κ1) is 26.0. The van der Waals surface area contributed by atoms with Gasteiger partial charge in [0, 0.05) is 5.92 Å². The third-order valence-electron chi connectivity index (χ3n) is 8.48. The van der Waals surface area contributed by atoms with Crippen molar-refractivity contribution in [2.75, 3.05) is 0 Å². The highest BCUT2D eigenvalue weighted by molar-refractivity contribution is 5.87. The Morgan fingerprint density at radius 2 is 1.53 bits per heavy atom. The van der Waals surface area contributed by atoms with Crippen molar-refractivity contribution in [3.8, 4) is 0 Å². The van der Waals surface area contributed by atoms with Gasteiger partial charge in [-0.3, -0.25) is 0 Å². The predicted molar refractivity (Wildman–Crippen MR) is 157 cm³/mol. The summed E-state index contributed by atoms with van der Waals surface area (Å²) in [6.45, 7) is 4.54. The van der Waals surface area contributed by atoms with Crippen LogP contribution in [0.25, 0.3) is 0 Å². The Kier molecular flexibility index (Phi) is 8.08. The van der Waals surface area contributed by atoms with Gasteiger partial charge in [-0.25, -0.2) is 4.79 Å². The first-order chi connectivity index (χ1) is 18.5. The molecule has 0 bridgehead atoms. The number of hydrogen-bond donors (Lipinski definition) is 1. The Hall–Kier alpha value is -3.65. The Balaban J connectivity index is 1.37. The molecule has 0 heterocycles. The summed E-state index contributed by atoms with van der Waals surface area (Å²) in [4.78, 5) is 11.3. The van der Waals surface area contributed by atoms with E-state index in [-0.39, 0.29) is 0 Å². The first-order valence-corrected chi connectivity index (χ1v) is 14.0. The van der Waals surface area contributed by atoms with Crippen LogP contribution in [0.5, 0.6) is 0 Å². The van der Waals surface area contributed by atoms with E-state index in [0.717, 1.165) is 25.7 Å². The van der Waals surface area contributed by atoms with Gasteiger partial charge in [-0.15, -0.1) is 0 Å². The van der Waals surface area contributed by atoms with Gasteiger partial charge in [-0.05, 0) is 96.7 Å². The maximum absolute atomic E-state index is 11.3. The van der Waals surface area contributed by atoms with Gasteiger partial charge >= 0.3 is 5.97 Å². The minimum Gasteiger partial charge on any atom is -0.478 e. The van der Waals surface area contributed by atoms with Crippen LogP contribution in [0.15, 0.2) is 109 Å². The van der Waals surface area contributed by atoms with E-state index >= 15 is 0 Å². The molecule has 2 heteroatoms. The fourth-order valence-electron chi connectivity index (χ4n) is 6.18. The molecule has 3 aromatic carbocycles. The first-order valence-electron chi connectivity index (χ1n) is 14.0. The molecule has 3 aromatic rings. The maximum Gasteiger partial charge on any atom is 0.335 e. The SMILES string of the molecule is Cc1ccc(CC2CC=CC=C2/C=C/C2c3ccccc3C(Cc3ccc(C(=O)O)cc3)CCC2C)cc1. The third kappa shape index (κ3) is 6.07. The standard InChI is InChI=1S/C36H38O2/c1-25-11-14-27(15-12-25)23-31-8-4-3-7-29(31)21-22-33-26(2)13-18-32(34-9-5-6-10-35(33)34)24-28-16-19-30(20-17-28)36(37)38/h3-7,9-12,14-17,19-22,26,31-33H,8,13,18,23-24H2,1-2H3,(H,37,38)/b22-21+. The lowest BCUT2D eigenvalue weighted by molar-refractivity contribution is 0.0697. The third-order valence-corrected chi connectivity index (χ3v) is 8.48. The summed E-state index contributed by atoms with van der Waals surface area (Å²) in [7, 11) is 0. The molecule has 0 saturated heterocycles. The van der Waals surface area contributed by atoms with Crippen molar-refractivity contribution < 1.29 is 9.90 Å². The summed E-state index contributed by atoms with van der Waals surface area (Å²) < 4.78 is 0. The number of hydrogen-bond acceptors (Lipinski definition) is 1. The van der Waals surface area contributed by atoms with Gasteiger partial charge in [-0.1, -0.05) is 104 Å². The number of carbonyl (C=O) groups is 1. The minimum atomic E-state index is -0.871. The van der Waals surface area contributed by atoms with Gasteiger partial charge in [0.25, 0.3) is 0 Å². The van der Waals surface area contributed by atoms with E-state index in [4.69, 9.17) is 0 Å². The predicted octanol–water partition coefficient (Wildman–Crippen LogP) is 8.83. The number of benzene rings is 3. The van der Waals surface area contributed by atoms with Crippen molar-refractivity contribution in [3.63, 3.8) is 0 Å². The zero-order chi connectivity index (χ0) is 26.5. The smallest absolute Gasteiger partial charge is 0.335 e. The summed E-state index contributed by atoms with van der Waals surface area (Å²) in [5.41, 5.74) is 8.59. The quantitative estimate of drug-likeness (QED) is 0.328. The van der Waals surface area contributed by atoms with Gasteiger partial charge in [0.05, 0.1) is 5.56 Å². The molecule has 0 radical (unpaired) electrons. The molecule has 4 atom stereocenters. The largest absolute Gasteiger partial charge is 0.478 e. The number of allylic oxidation sites excluding steroid dienone is 6. The Morgan fingerprint density at radius 3 is 2.24 bits per heavy atom. The second-order valence-corrected chi connectivity index (χ2v) is 11.2. The normalized spacial score (nSPS) is 23.1. The molecule has 0 spiro atoms. The molecule has 38 heavy (non-hydrogen) atoms. The van der Waals surface area contributed by atoms with E-state index < -0.39 is 5.97 Å². The number of fused-ring (bicyclic) bond motifs is 1. The zero-order valence-corrected chi connectivity index (χ0v) is 22.5. The van der Waals surface area contributed by atoms with Crippen LogP contribution >= 0.6 is 0 Å². The summed E-state index contributed by atoms with van der Waals surface area (Å²) in [6.07, 6.45) is 17.1. The maximum atomic E-state index is 11.3. The highest BCUT2D eigenvalue weighted by atomic mass is 16.4. The van der Waals surface area contributed by atoms with E-state index in [2.05, 4.69) is 92.8 Å². The molecule has 0 fully saturated rings. The van der Waals surface area contributed by atoms with Crippen LogP contribution in [-0.4, -0.2) is 11.1 Å². The summed E-state index contributed by atoms with van der Waals surface area (Å²) >= 11 is 0. The monoisotopic (exact) mass is 502 g/mol. The molecule has 2 aliphatic carbocycles. The summed E-state index contributed by atoms with van der Waals surface area (Å²) in [5, 5.41) is 9.25. The van der Waals surface area contributed by atoms with E-state index in [0.29, 0.717) is 29.2 Å². The summed E-state index contributed by atoms with van der Waals surface area (Å²) in [6, 6.07) is 25.4. The van der Waals surface area contributed by atoms with E-state index in [1.807, 2.05) is 12.1 Å². The number of rotatable bonds is 7. The van der Waals surface area contributed by atoms with Crippen molar-refractivity contribution in [2.45, 2.75) is 57.8 Å². The molecule has 5 rings (SSSR count). The molecular weight excluding hydrogens is 464 g/mol. The number of carboxylic acids is 1. The molecule has 0 aromatic heterocycles. The van der Waals surface area contributed by atoms with Gasteiger partial charge in [0.15, 0.2) is 0 Å². The van der Waals surface area contributed by atoms with Crippen LogP contribution in [-0.2, 0) is 12.8 Å². The number of aryl methyl sites for hydroxylation is 1. The molecule has 0 saturated carbocycles. The Bertz CT molecular complexity index is 1340. The van der Waals surface area contributed by atoms with Crippen LogP contribution in [0.3, 0.4) is 0 Å². The highest BCUT2D eigenvalue weighted by Gasteiger charge is 2.28. The fraction of sp³-hybridized carbons (Fsp3) is 0.306. The molecule has 0 aliphatic heterocycles. The van der Waals surface area contributed by atoms with Crippen LogP contribution < -0.4 is 0 Å². The average Bonchev–Trinajstić information content (AvgIpc) is 3.06. The van der Waals surface area contributed by atoms with Crippen LogP contribution in [0.2, 0.25) is 0 Å². The van der Waals surface area contributed by atoms with Crippen LogP contribution in [0, 0.1) is 18.8 Å². The zero-order valence-electron chi connectivity index (χ0n) is 22.5. The Labute approximate surface area is 227 Å². The van der Waals surface area contributed by atoms with E-state index in [1.165, 1.54) is 39.8 Å². The van der Waals surface area contributed by atoms with Crippen molar-refractivity contribution in [3.05, 3.63) is 142 Å². The molecule has 1 N–H and O–H groups in total. The van der Waals surface area contributed by atoms with Gasteiger partial charge in [0.2, 0.25) is 0 Å². The van der Waals surface area contributed by atoms with Crippen LogP contribution in [0.1, 0.15) is 76.2 Å². The van der Waals surface area contributed by atoms with Gasteiger partial charge in [-0.2, -0.15) is 0 Å². The molecule has 0 amide bonds. The lowest BCUT2D eigenvalue weighted by Crippen LogP contribution is -2.10. The lowest BCUT2D eigenvalue weighted by Gasteiger charge is -2.23. The van der Waals surface area contributed by atoms with Gasteiger partial charge < -0.3 is 5.11 Å². The second-order valence-electron chi connectivity index (χ2n) is 11.2. The molecular formula is C36H38O2. The lowest BCUT2D eigenvalue weighted by atomic mass is 9.81. The van der Waals surface area contributed by atoms with Crippen molar-refractivity contribution >= 4 is 5.97 Å². The van der Waals surface area contributed by atoms with Crippen LogP contribution in [0.4, 0.5) is 0 Å². The molecule has 2 nitrogen and oxygen atoms in total. The van der Waals surface area contributed by atoms with Crippen molar-refractivity contribution in [1.29, 1.82) is 0 Å². The molecule has 4 unspecified atom stereocenters. The van der Waals surface area contributed by atoms with Crippen molar-refractivity contribution in [1.82, 2.24) is 0 Å². The number of carboxylic acid groups (broad SMARTS) is 1. The topological polar surface area (TPSA) is 37.3 Å². The highest BCUT2D eigenvalue weighted by Crippen LogP contribution is 2.42. The van der Waals surface area contributed by atoms with Crippen molar-refractivity contribution in [2.24, 2.45) is 11.8 Å². The molecule has 2 aliphatic rings. The minimum absolute atomic E-state index is 0.349. The molecule has 194 valence electrons. The average molecular weight is 503 g/mol. The Morgan fingerprint density at radius 1 is 0.868 bits per heavy atom. The van der Waals surface area contributed by atoms with Gasteiger partial charge in [0.1, 0.15) is 0 Å². The van der Waals surface area contributed by atoms with E-state index in [9.17, 15) is 9.90 Å².